The number of aromatic nitrogens is 2. The number of nitrogen functional groups attached to an aromatic ring is 2. The summed E-state index contributed by atoms with van der Waals surface area (Å²) in [5.74, 6) is 0.667. The number of anilines is 2. The Bertz CT molecular complexity index is 554. The van der Waals surface area contributed by atoms with Gasteiger partial charge in [-0.15, -0.1) is 0 Å². The summed E-state index contributed by atoms with van der Waals surface area (Å²) in [7, 11) is 0. The lowest BCUT2D eigenvalue weighted by molar-refractivity contribution is 1.17. The van der Waals surface area contributed by atoms with Gasteiger partial charge in [0.05, 0.1) is 6.20 Å². The second kappa shape index (κ2) is 3.87. The summed E-state index contributed by atoms with van der Waals surface area (Å²) in [6, 6.07) is 9.03. The van der Waals surface area contributed by atoms with Crippen LogP contribution in [0.3, 0.4) is 0 Å². The zero-order valence-electron chi connectivity index (χ0n) is 8.38. The highest BCUT2D eigenvalue weighted by Gasteiger charge is 2.05. The van der Waals surface area contributed by atoms with Crippen molar-refractivity contribution in [3.63, 3.8) is 0 Å². The average Bonchev–Trinajstić information content (AvgIpc) is 2.30. The summed E-state index contributed by atoms with van der Waals surface area (Å²) in [5.41, 5.74) is 12.9. The monoisotopic (exact) mass is 211 g/mol. The summed E-state index contributed by atoms with van der Waals surface area (Å²) < 4.78 is 0. The van der Waals surface area contributed by atoms with E-state index in [1.165, 1.54) is 6.20 Å². The van der Waals surface area contributed by atoms with E-state index in [0.29, 0.717) is 11.5 Å². The molecule has 0 spiro atoms. The third-order valence-electron chi connectivity index (χ3n) is 2.11. The van der Waals surface area contributed by atoms with E-state index in [9.17, 15) is 0 Å². The molecule has 5 heteroatoms. The molecule has 0 unspecified atom stereocenters. The van der Waals surface area contributed by atoms with Crippen molar-refractivity contribution >= 4 is 11.5 Å². The molecule has 1 heterocycles. The molecule has 0 saturated carbocycles. The number of nitrogens with two attached hydrogens (primary N) is 2. The summed E-state index contributed by atoms with van der Waals surface area (Å²) in [6.07, 6.45) is 1.41. The predicted molar refractivity (Wildman–Crippen MR) is 61.0 cm³/mol. The topological polar surface area (TPSA) is 102 Å². The third-order valence-corrected chi connectivity index (χ3v) is 2.11. The number of nitrogens with zero attached hydrogens (tertiary/aromatic N) is 3. The van der Waals surface area contributed by atoms with Crippen LogP contribution in [0.4, 0.5) is 11.5 Å². The largest absolute Gasteiger partial charge is 0.399 e. The van der Waals surface area contributed by atoms with Crippen LogP contribution >= 0.6 is 0 Å². The Kier molecular flexibility index (Phi) is 2.40. The van der Waals surface area contributed by atoms with Gasteiger partial charge >= 0.3 is 0 Å². The van der Waals surface area contributed by atoms with Crippen molar-refractivity contribution in [2.45, 2.75) is 0 Å². The minimum absolute atomic E-state index is 0.185. The Morgan fingerprint density at radius 1 is 1.12 bits per heavy atom. The van der Waals surface area contributed by atoms with E-state index in [4.69, 9.17) is 16.7 Å². The molecule has 0 radical (unpaired) electrons. The van der Waals surface area contributed by atoms with Crippen LogP contribution in [0.5, 0.6) is 0 Å². The molecule has 0 amide bonds. The first-order valence-electron chi connectivity index (χ1n) is 4.59. The number of benzene rings is 1. The smallest absolute Gasteiger partial charge is 0.161 e. The van der Waals surface area contributed by atoms with Crippen molar-refractivity contribution in [2.75, 3.05) is 11.5 Å². The van der Waals surface area contributed by atoms with Gasteiger partial charge < -0.3 is 11.5 Å². The maximum absolute atomic E-state index is 8.69. The summed E-state index contributed by atoms with van der Waals surface area (Å²) in [6.45, 7) is 0. The second-order valence-electron chi connectivity index (χ2n) is 3.23. The molecule has 0 fully saturated rings. The van der Waals surface area contributed by atoms with Gasteiger partial charge in [-0.05, 0) is 24.3 Å². The van der Waals surface area contributed by atoms with Crippen molar-refractivity contribution < 1.29 is 0 Å². The minimum Gasteiger partial charge on any atom is -0.399 e. The lowest BCUT2D eigenvalue weighted by Crippen LogP contribution is -1.99. The van der Waals surface area contributed by atoms with Crippen LogP contribution in [0, 0.1) is 11.3 Å². The molecule has 1 aromatic heterocycles. The highest BCUT2D eigenvalue weighted by Crippen LogP contribution is 2.18. The van der Waals surface area contributed by atoms with E-state index in [-0.39, 0.29) is 11.4 Å². The van der Waals surface area contributed by atoms with Gasteiger partial charge in [-0.25, -0.2) is 9.97 Å². The maximum Gasteiger partial charge on any atom is 0.161 e. The highest BCUT2D eigenvalue weighted by molar-refractivity contribution is 5.61. The molecule has 5 nitrogen and oxygen atoms in total. The molecule has 0 bridgehead atoms. The van der Waals surface area contributed by atoms with Crippen LogP contribution in [0.15, 0.2) is 30.5 Å². The van der Waals surface area contributed by atoms with Gasteiger partial charge in [-0.1, -0.05) is 0 Å². The molecule has 0 aliphatic carbocycles. The van der Waals surface area contributed by atoms with E-state index in [0.717, 1.165) is 5.56 Å². The molecule has 0 aliphatic heterocycles. The Morgan fingerprint density at radius 2 is 1.81 bits per heavy atom. The van der Waals surface area contributed by atoms with E-state index in [1.807, 2.05) is 6.07 Å². The van der Waals surface area contributed by atoms with Crippen molar-refractivity contribution in [2.24, 2.45) is 0 Å². The molecule has 1 aromatic carbocycles. The number of hydrogen-bond donors (Lipinski definition) is 2. The zero-order valence-corrected chi connectivity index (χ0v) is 8.38. The van der Waals surface area contributed by atoms with Gasteiger partial charge in [0.1, 0.15) is 17.5 Å². The fraction of sp³-hybridized carbons (Fsp3) is 0. The van der Waals surface area contributed by atoms with Gasteiger partial charge in [-0.2, -0.15) is 5.26 Å². The van der Waals surface area contributed by atoms with Crippen LogP contribution < -0.4 is 11.5 Å². The molecule has 0 saturated heterocycles. The van der Waals surface area contributed by atoms with Gasteiger partial charge in [0.2, 0.25) is 0 Å². The molecular formula is C11H9N5. The maximum atomic E-state index is 8.69. The Morgan fingerprint density at radius 3 is 2.38 bits per heavy atom. The Balaban J connectivity index is 2.46. The number of rotatable bonds is 1. The third kappa shape index (κ3) is 1.77. The van der Waals surface area contributed by atoms with E-state index < -0.39 is 0 Å². The fourth-order valence-corrected chi connectivity index (χ4v) is 1.25. The highest BCUT2D eigenvalue weighted by atomic mass is 14.9. The Hall–Kier alpha value is -2.61. The van der Waals surface area contributed by atoms with Crippen LogP contribution in [0.1, 0.15) is 5.56 Å². The van der Waals surface area contributed by atoms with E-state index in [1.54, 1.807) is 24.3 Å². The molecule has 2 rings (SSSR count). The molecule has 4 N–H and O–H groups in total. The predicted octanol–water partition coefficient (Wildman–Crippen LogP) is 1.18. The van der Waals surface area contributed by atoms with Crippen LogP contribution in [0.25, 0.3) is 11.4 Å². The minimum atomic E-state index is 0.185. The summed E-state index contributed by atoms with van der Waals surface area (Å²) in [5, 5.41) is 8.69. The van der Waals surface area contributed by atoms with Gasteiger partial charge in [-0.3, -0.25) is 0 Å². The zero-order chi connectivity index (χ0) is 11.5. The van der Waals surface area contributed by atoms with Crippen LogP contribution in [-0.2, 0) is 0 Å². The first kappa shape index (κ1) is 9.93. The average molecular weight is 211 g/mol. The molecule has 0 atom stereocenters. The normalized spacial score (nSPS) is 9.69. The van der Waals surface area contributed by atoms with E-state index >= 15 is 0 Å². The second-order valence-corrected chi connectivity index (χ2v) is 3.23. The van der Waals surface area contributed by atoms with Gasteiger partial charge in [0.15, 0.2) is 5.82 Å². The molecule has 0 aliphatic rings. The van der Waals surface area contributed by atoms with Crippen molar-refractivity contribution in [3.8, 4) is 17.5 Å². The summed E-state index contributed by atoms with van der Waals surface area (Å²) >= 11 is 0. The van der Waals surface area contributed by atoms with Gasteiger partial charge in [0.25, 0.3) is 0 Å². The Labute approximate surface area is 92.4 Å². The van der Waals surface area contributed by atoms with Crippen molar-refractivity contribution in [3.05, 3.63) is 36.0 Å². The fourth-order valence-electron chi connectivity index (χ4n) is 1.25. The van der Waals surface area contributed by atoms with Crippen LogP contribution in [-0.4, -0.2) is 9.97 Å². The molecular weight excluding hydrogens is 202 g/mol. The quantitative estimate of drug-likeness (QED) is 0.689. The number of hydrogen-bond acceptors (Lipinski definition) is 5. The number of nitriles is 1. The molecule has 2 aromatic rings. The first-order chi connectivity index (χ1) is 7.70. The standard InChI is InChI=1S/C11H9N5/c12-5-8-6-15-11(16-10(8)14)7-1-3-9(13)4-2-7/h1-4,6H,13H2,(H2,14,15,16). The lowest BCUT2D eigenvalue weighted by Gasteiger charge is -2.02. The van der Waals surface area contributed by atoms with Crippen molar-refractivity contribution in [1.82, 2.24) is 9.97 Å². The first-order valence-corrected chi connectivity index (χ1v) is 4.59. The molecule has 78 valence electrons. The molecule has 16 heavy (non-hydrogen) atoms. The van der Waals surface area contributed by atoms with Crippen LogP contribution in [0.2, 0.25) is 0 Å². The van der Waals surface area contributed by atoms with E-state index in [2.05, 4.69) is 9.97 Å². The summed E-state index contributed by atoms with van der Waals surface area (Å²) in [4.78, 5) is 8.10. The van der Waals surface area contributed by atoms with Gasteiger partial charge in [0, 0.05) is 11.3 Å². The lowest BCUT2D eigenvalue weighted by atomic mass is 10.2. The van der Waals surface area contributed by atoms with Crippen molar-refractivity contribution in [1.29, 1.82) is 5.26 Å². The SMILES string of the molecule is N#Cc1cnc(-c2ccc(N)cc2)nc1N.